The first-order chi connectivity index (χ1) is 13.4. The van der Waals surface area contributed by atoms with Gasteiger partial charge in [0.25, 0.3) is 5.91 Å². The van der Waals surface area contributed by atoms with Crippen molar-refractivity contribution in [3.8, 4) is 0 Å². The predicted octanol–water partition coefficient (Wildman–Crippen LogP) is 2.93. The Balaban J connectivity index is 1.44. The van der Waals surface area contributed by atoms with Gasteiger partial charge in [0.1, 0.15) is 0 Å². The highest BCUT2D eigenvalue weighted by atomic mass is 32.2. The lowest BCUT2D eigenvalue weighted by Gasteiger charge is -2.01. The van der Waals surface area contributed by atoms with Crippen LogP contribution in [0, 0.1) is 0 Å². The maximum atomic E-state index is 12.4. The van der Waals surface area contributed by atoms with Gasteiger partial charge in [-0.3, -0.25) is 10.1 Å². The summed E-state index contributed by atoms with van der Waals surface area (Å²) in [5.41, 5.74) is 3.83. The van der Waals surface area contributed by atoms with E-state index in [0.29, 0.717) is 17.9 Å². The quantitative estimate of drug-likeness (QED) is 0.534. The van der Waals surface area contributed by atoms with E-state index in [1.165, 1.54) is 23.5 Å². The topological polar surface area (TPSA) is 115 Å². The molecule has 1 N–H and O–H groups in total. The first-order valence-corrected chi connectivity index (χ1v) is 10.9. The summed E-state index contributed by atoms with van der Waals surface area (Å²) in [6, 6.07) is 11.6. The Bertz CT molecular complexity index is 1260. The molecular formula is C18H14N4O4S2. The molecular weight excluding hydrogens is 400 g/mol. The Kier molecular flexibility index (Phi) is 4.65. The summed E-state index contributed by atoms with van der Waals surface area (Å²) >= 11 is 1.45. The van der Waals surface area contributed by atoms with E-state index in [-0.39, 0.29) is 16.8 Å². The normalized spacial score (nSPS) is 11.6. The van der Waals surface area contributed by atoms with Crippen molar-refractivity contribution in [3.63, 3.8) is 0 Å². The number of anilines is 1. The Morgan fingerprint density at radius 3 is 2.68 bits per heavy atom. The number of carbonyl (C=O) groups excluding carboxylic acids is 1. The van der Waals surface area contributed by atoms with Crippen LogP contribution in [0.1, 0.15) is 21.8 Å². The van der Waals surface area contributed by atoms with Crippen molar-refractivity contribution < 1.29 is 17.6 Å². The molecule has 2 aromatic carbocycles. The number of aromatic nitrogens is 3. The van der Waals surface area contributed by atoms with Crippen LogP contribution in [0.5, 0.6) is 0 Å². The van der Waals surface area contributed by atoms with Gasteiger partial charge in [-0.1, -0.05) is 17.2 Å². The largest absolute Gasteiger partial charge is 0.407 e. The summed E-state index contributed by atoms with van der Waals surface area (Å²) in [6.45, 7) is 0. The van der Waals surface area contributed by atoms with E-state index in [1.54, 1.807) is 35.8 Å². The maximum absolute atomic E-state index is 12.4. The zero-order valence-electron chi connectivity index (χ0n) is 14.6. The van der Waals surface area contributed by atoms with Gasteiger partial charge >= 0.3 is 6.01 Å². The molecule has 10 heteroatoms. The Morgan fingerprint density at radius 2 is 1.93 bits per heavy atom. The van der Waals surface area contributed by atoms with Crippen LogP contribution in [0.3, 0.4) is 0 Å². The molecule has 4 aromatic rings. The fourth-order valence-electron chi connectivity index (χ4n) is 2.57. The molecule has 0 atom stereocenters. The number of fused-ring (bicyclic) bond motifs is 1. The number of nitrogens with zero attached hydrogens (tertiary/aromatic N) is 3. The molecule has 28 heavy (non-hydrogen) atoms. The van der Waals surface area contributed by atoms with E-state index in [2.05, 4.69) is 20.5 Å². The molecule has 0 fully saturated rings. The van der Waals surface area contributed by atoms with Crippen LogP contribution in [0.2, 0.25) is 0 Å². The summed E-state index contributed by atoms with van der Waals surface area (Å²) < 4.78 is 29.4. The standard InChI is InChI=1S/C18H14N4O4S2/c1-28(24,25)13-5-2-11(3-6-13)8-16-21-22-18(26-16)20-17(23)12-4-7-14-15(9-12)27-10-19-14/h2-7,9-10H,8H2,1H3,(H,20,22,23). The van der Waals surface area contributed by atoms with Gasteiger partial charge in [-0.25, -0.2) is 13.4 Å². The first kappa shape index (κ1) is 18.3. The fraction of sp³-hybridized carbons (Fsp3) is 0.111. The minimum atomic E-state index is -3.24. The molecule has 1 amide bonds. The van der Waals surface area contributed by atoms with Crippen LogP contribution in [0.25, 0.3) is 10.2 Å². The van der Waals surface area contributed by atoms with Crippen molar-refractivity contribution in [2.24, 2.45) is 0 Å². The average Bonchev–Trinajstić information content (AvgIpc) is 3.30. The second-order valence-electron chi connectivity index (χ2n) is 6.08. The van der Waals surface area contributed by atoms with Crippen LogP contribution >= 0.6 is 11.3 Å². The zero-order chi connectivity index (χ0) is 19.7. The van der Waals surface area contributed by atoms with Crippen molar-refractivity contribution in [3.05, 3.63) is 65.0 Å². The highest BCUT2D eigenvalue weighted by Crippen LogP contribution is 2.20. The van der Waals surface area contributed by atoms with E-state index in [4.69, 9.17) is 4.42 Å². The van der Waals surface area contributed by atoms with Gasteiger partial charge in [-0.2, -0.15) is 0 Å². The number of nitrogens with one attached hydrogen (secondary N) is 1. The van der Waals surface area contributed by atoms with Crippen LogP contribution in [-0.2, 0) is 16.3 Å². The minimum absolute atomic E-state index is 0.00263. The lowest BCUT2D eigenvalue weighted by Crippen LogP contribution is -2.11. The van der Waals surface area contributed by atoms with Gasteiger partial charge in [0.05, 0.1) is 27.0 Å². The summed E-state index contributed by atoms with van der Waals surface area (Å²) in [5, 5.41) is 10.3. The summed E-state index contributed by atoms with van der Waals surface area (Å²) in [6.07, 6.45) is 1.47. The molecule has 0 saturated heterocycles. The second-order valence-corrected chi connectivity index (χ2v) is 8.98. The van der Waals surface area contributed by atoms with Crippen molar-refractivity contribution in [1.82, 2.24) is 15.2 Å². The minimum Gasteiger partial charge on any atom is -0.407 e. The number of carbonyl (C=O) groups is 1. The Hall–Kier alpha value is -3.11. The van der Waals surface area contributed by atoms with Crippen LogP contribution < -0.4 is 5.32 Å². The number of rotatable bonds is 5. The molecule has 2 aromatic heterocycles. The molecule has 0 aliphatic carbocycles. The lowest BCUT2D eigenvalue weighted by molar-refractivity contribution is 0.102. The van der Waals surface area contributed by atoms with E-state index in [0.717, 1.165) is 22.0 Å². The number of hydrogen-bond donors (Lipinski definition) is 1. The summed E-state index contributed by atoms with van der Waals surface area (Å²) in [5.74, 6) is -0.0525. The SMILES string of the molecule is CS(=O)(=O)c1ccc(Cc2nnc(NC(=O)c3ccc4ncsc4c3)o2)cc1. The first-order valence-electron chi connectivity index (χ1n) is 8.14. The Labute approximate surface area is 164 Å². The van der Waals surface area contributed by atoms with Crippen LogP contribution in [0.4, 0.5) is 6.01 Å². The fourth-order valence-corrected chi connectivity index (χ4v) is 3.92. The van der Waals surface area contributed by atoms with Gasteiger partial charge in [-0.05, 0) is 35.9 Å². The Morgan fingerprint density at radius 1 is 1.14 bits per heavy atom. The highest BCUT2D eigenvalue weighted by molar-refractivity contribution is 7.90. The van der Waals surface area contributed by atoms with Crippen molar-refractivity contribution in [2.75, 3.05) is 11.6 Å². The molecule has 4 rings (SSSR count). The molecule has 0 aliphatic heterocycles. The maximum Gasteiger partial charge on any atom is 0.322 e. The second kappa shape index (κ2) is 7.13. The molecule has 8 nitrogen and oxygen atoms in total. The van der Waals surface area contributed by atoms with Crippen molar-refractivity contribution in [2.45, 2.75) is 11.3 Å². The molecule has 0 saturated carbocycles. The number of benzene rings is 2. The molecule has 142 valence electrons. The zero-order valence-corrected chi connectivity index (χ0v) is 16.3. The van der Waals surface area contributed by atoms with E-state index in [1.807, 2.05) is 0 Å². The number of amides is 1. The van der Waals surface area contributed by atoms with E-state index in [9.17, 15) is 13.2 Å². The van der Waals surface area contributed by atoms with Gasteiger partial charge in [0.2, 0.25) is 5.89 Å². The predicted molar refractivity (Wildman–Crippen MR) is 104 cm³/mol. The third-order valence-electron chi connectivity index (χ3n) is 3.99. The molecule has 0 spiro atoms. The molecule has 0 unspecified atom stereocenters. The number of thiazole rings is 1. The van der Waals surface area contributed by atoms with E-state index >= 15 is 0 Å². The van der Waals surface area contributed by atoms with Gasteiger partial charge in [-0.15, -0.1) is 16.4 Å². The smallest absolute Gasteiger partial charge is 0.322 e. The molecule has 0 bridgehead atoms. The van der Waals surface area contributed by atoms with Gasteiger partial charge in [0.15, 0.2) is 9.84 Å². The van der Waals surface area contributed by atoms with Crippen molar-refractivity contribution >= 4 is 43.3 Å². The van der Waals surface area contributed by atoms with Crippen LogP contribution in [0.15, 0.2) is 57.3 Å². The van der Waals surface area contributed by atoms with Gasteiger partial charge in [0, 0.05) is 11.8 Å². The van der Waals surface area contributed by atoms with Crippen LogP contribution in [-0.4, -0.2) is 35.8 Å². The van der Waals surface area contributed by atoms with Crippen molar-refractivity contribution in [1.29, 1.82) is 0 Å². The average molecular weight is 414 g/mol. The third kappa shape index (κ3) is 3.92. The molecule has 2 heterocycles. The van der Waals surface area contributed by atoms with E-state index < -0.39 is 9.84 Å². The molecule has 0 radical (unpaired) electrons. The third-order valence-corrected chi connectivity index (χ3v) is 5.91. The summed E-state index contributed by atoms with van der Waals surface area (Å²) in [7, 11) is -3.24. The summed E-state index contributed by atoms with van der Waals surface area (Å²) in [4.78, 5) is 16.8. The number of sulfone groups is 1. The molecule has 0 aliphatic rings. The highest BCUT2D eigenvalue weighted by Gasteiger charge is 2.13. The van der Waals surface area contributed by atoms with Gasteiger partial charge < -0.3 is 4.42 Å². The lowest BCUT2D eigenvalue weighted by atomic mass is 10.1. The monoisotopic (exact) mass is 414 g/mol. The number of hydrogen-bond acceptors (Lipinski definition) is 8.